The molecule has 3 aromatic carbocycles. The van der Waals surface area contributed by atoms with Crippen LogP contribution >= 0.6 is 24.0 Å². The fourth-order valence-electron chi connectivity index (χ4n) is 3.54. The number of aryl methyl sites for hydroxylation is 1. The number of non-ortho nitro benzene ring substituents is 1. The number of nitro groups is 1. The van der Waals surface area contributed by atoms with Gasteiger partial charge in [0.2, 0.25) is 0 Å². The molecule has 0 atom stereocenters. The molecule has 0 aliphatic carbocycles. The van der Waals surface area contributed by atoms with Crippen LogP contribution in [0.5, 0.6) is 11.5 Å². The third-order valence-electron chi connectivity index (χ3n) is 5.51. The van der Waals surface area contributed by atoms with E-state index in [2.05, 4.69) is 26.2 Å². The molecule has 13 heteroatoms. The molecule has 0 saturated carbocycles. The number of halogens is 2. The van der Waals surface area contributed by atoms with Crippen LogP contribution < -0.4 is 20.1 Å². The highest BCUT2D eigenvalue weighted by Gasteiger charge is 2.12. The summed E-state index contributed by atoms with van der Waals surface area (Å²) in [5.74, 6) is 1.75. The normalized spacial score (nSPS) is 10.5. The molecule has 0 fully saturated rings. The van der Waals surface area contributed by atoms with E-state index in [0.29, 0.717) is 47.7 Å². The average molecular weight is 560 g/mol. The molecule has 0 aliphatic rings. The zero-order valence-electron chi connectivity index (χ0n) is 20.8. The molecule has 4 rings (SSSR count). The number of rotatable bonds is 12. The lowest BCUT2D eigenvalue weighted by Gasteiger charge is -2.13. The Morgan fingerprint density at radius 3 is 2.55 bits per heavy atom. The fourth-order valence-corrected chi connectivity index (χ4v) is 3.79. The van der Waals surface area contributed by atoms with Gasteiger partial charge in [0, 0.05) is 31.8 Å². The number of nitro benzene ring substituents is 1. The van der Waals surface area contributed by atoms with E-state index in [0.717, 1.165) is 16.8 Å². The maximum atomic E-state index is 10.8. The Kier molecular flexibility index (Phi) is 10.2. The third-order valence-corrected chi connectivity index (χ3v) is 5.82. The Balaban J connectivity index is 0.00000400. The van der Waals surface area contributed by atoms with Gasteiger partial charge in [-0.2, -0.15) is 4.68 Å². The Morgan fingerprint density at radius 1 is 1.05 bits per heavy atom. The number of benzene rings is 3. The van der Waals surface area contributed by atoms with Gasteiger partial charge >= 0.3 is 0 Å². The Labute approximate surface area is 230 Å². The van der Waals surface area contributed by atoms with Gasteiger partial charge < -0.3 is 20.1 Å². The van der Waals surface area contributed by atoms with Gasteiger partial charge in [-0.15, -0.1) is 17.5 Å². The Morgan fingerprint density at radius 2 is 1.84 bits per heavy atom. The van der Waals surface area contributed by atoms with Crippen LogP contribution in [0.4, 0.5) is 11.4 Å². The predicted octanol–water partition coefficient (Wildman–Crippen LogP) is 4.74. The fraction of sp³-hybridized carbons (Fsp3) is 0.240. The van der Waals surface area contributed by atoms with Crippen molar-refractivity contribution in [3.63, 3.8) is 0 Å². The molecule has 0 aliphatic heterocycles. The van der Waals surface area contributed by atoms with Crippen LogP contribution in [-0.4, -0.2) is 45.3 Å². The number of methoxy groups -OCH3 is 1. The molecule has 4 aromatic rings. The van der Waals surface area contributed by atoms with Crippen molar-refractivity contribution in [1.29, 1.82) is 0 Å². The second-order valence-electron chi connectivity index (χ2n) is 8.14. The summed E-state index contributed by atoms with van der Waals surface area (Å²) in [6.07, 6.45) is 0. The number of aromatic nitrogens is 4. The van der Waals surface area contributed by atoms with Crippen molar-refractivity contribution in [2.75, 3.05) is 25.5 Å². The van der Waals surface area contributed by atoms with Crippen LogP contribution in [-0.2, 0) is 13.2 Å². The Bertz CT molecular complexity index is 1370. The summed E-state index contributed by atoms with van der Waals surface area (Å²) in [5.41, 5.74) is 3.62. The first-order valence-corrected chi connectivity index (χ1v) is 11.8. The summed E-state index contributed by atoms with van der Waals surface area (Å²) >= 11 is 6.11. The van der Waals surface area contributed by atoms with E-state index in [-0.39, 0.29) is 24.7 Å². The van der Waals surface area contributed by atoms with E-state index in [9.17, 15) is 10.1 Å². The summed E-state index contributed by atoms with van der Waals surface area (Å²) in [7, 11) is 1.59. The molecule has 38 heavy (non-hydrogen) atoms. The van der Waals surface area contributed by atoms with Crippen molar-refractivity contribution in [2.45, 2.75) is 20.1 Å². The van der Waals surface area contributed by atoms with Crippen molar-refractivity contribution in [1.82, 2.24) is 25.5 Å². The lowest BCUT2D eigenvalue weighted by Crippen LogP contribution is -2.21. The molecule has 0 radical (unpaired) electrons. The van der Waals surface area contributed by atoms with Crippen molar-refractivity contribution >= 4 is 35.4 Å². The second-order valence-corrected chi connectivity index (χ2v) is 8.55. The maximum Gasteiger partial charge on any atom is 0.271 e. The van der Waals surface area contributed by atoms with E-state index in [4.69, 9.17) is 21.1 Å². The molecular weight excluding hydrogens is 533 g/mol. The standard InChI is InChI=1S/C25H26ClN7O4.ClH/c1-17-3-6-19(7-4-17)32-25(29-30-31-32)16-37-23-10-5-18(13-24(23)36-2)15-27-11-12-28-22-9-8-20(33(34)35)14-21(22)26;/h3-10,13-14,27-28H,11-12,15-16H2,1-2H3;1H. The summed E-state index contributed by atoms with van der Waals surface area (Å²) in [6, 6.07) is 18.0. The molecule has 2 N–H and O–H groups in total. The highest BCUT2D eigenvalue weighted by molar-refractivity contribution is 6.33. The second kappa shape index (κ2) is 13.6. The summed E-state index contributed by atoms with van der Waals surface area (Å²) in [4.78, 5) is 10.3. The largest absolute Gasteiger partial charge is 0.493 e. The first kappa shape index (κ1) is 28.6. The summed E-state index contributed by atoms with van der Waals surface area (Å²) < 4.78 is 13.1. The first-order valence-electron chi connectivity index (χ1n) is 11.5. The van der Waals surface area contributed by atoms with Gasteiger partial charge in [-0.25, -0.2) is 0 Å². The van der Waals surface area contributed by atoms with Gasteiger partial charge in [0.05, 0.1) is 28.4 Å². The van der Waals surface area contributed by atoms with Crippen LogP contribution in [0.3, 0.4) is 0 Å². The van der Waals surface area contributed by atoms with Crippen LogP contribution in [0, 0.1) is 17.0 Å². The number of nitrogens with zero attached hydrogens (tertiary/aromatic N) is 5. The highest BCUT2D eigenvalue weighted by Crippen LogP contribution is 2.29. The third kappa shape index (κ3) is 7.31. The molecule has 11 nitrogen and oxygen atoms in total. The van der Waals surface area contributed by atoms with Gasteiger partial charge in [0.25, 0.3) is 5.69 Å². The number of nitrogens with one attached hydrogen (secondary N) is 2. The SMILES string of the molecule is COc1cc(CNCCNc2ccc([N+](=O)[O-])cc2Cl)ccc1OCc1nnnn1-c1ccc(C)cc1.Cl. The molecule has 0 unspecified atom stereocenters. The lowest BCUT2D eigenvalue weighted by atomic mass is 10.2. The van der Waals surface area contributed by atoms with Crippen LogP contribution in [0.15, 0.2) is 60.7 Å². The van der Waals surface area contributed by atoms with E-state index in [1.807, 2.05) is 49.4 Å². The van der Waals surface area contributed by atoms with E-state index in [1.54, 1.807) is 17.9 Å². The number of ether oxygens (including phenoxy) is 2. The zero-order chi connectivity index (χ0) is 26.2. The minimum Gasteiger partial charge on any atom is -0.493 e. The summed E-state index contributed by atoms with van der Waals surface area (Å²) in [5, 5.41) is 29.6. The van der Waals surface area contributed by atoms with E-state index >= 15 is 0 Å². The maximum absolute atomic E-state index is 10.8. The number of tetrazole rings is 1. The van der Waals surface area contributed by atoms with E-state index < -0.39 is 4.92 Å². The van der Waals surface area contributed by atoms with Gasteiger partial charge in [-0.05, 0) is 53.2 Å². The summed E-state index contributed by atoms with van der Waals surface area (Å²) in [6.45, 7) is 4.04. The van der Waals surface area contributed by atoms with Gasteiger partial charge in [0.15, 0.2) is 23.9 Å². The monoisotopic (exact) mass is 559 g/mol. The zero-order valence-corrected chi connectivity index (χ0v) is 22.3. The highest BCUT2D eigenvalue weighted by atomic mass is 35.5. The smallest absolute Gasteiger partial charge is 0.271 e. The molecule has 1 aromatic heterocycles. The number of hydrogen-bond donors (Lipinski definition) is 2. The number of anilines is 1. The van der Waals surface area contributed by atoms with Gasteiger partial charge in [-0.1, -0.05) is 35.4 Å². The minimum absolute atomic E-state index is 0. The van der Waals surface area contributed by atoms with Crippen molar-refractivity contribution < 1.29 is 14.4 Å². The van der Waals surface area contributed by atoms with Crippen LogP contribution in [0.25, 0.3) is 5.69 Å². The Hall–Kier alpha value is -3.93. The molecule has 0 amide bonds. The van der Waals surface area contributed by atoms with Gasteiger partial charge in [0.1, 0.15) is 0 Å². The molecule has 1 heterocycles. The molecule has 0 spiro atoms. The first-order chi connectivity index (χ1) is 17.9. The topological polar surface area (TPSA) is 129 Å². The molecule has 0 bridgehead atoms. The van der Waals surface area contributed by atoms with Crippen molar-refractivity contribution in [3.8, 4) is 17.2 Å². The van der Waals surface area contributed by atoms with Gasteiger partial charge in [-0.3, -0.25) is 10.1 Å². The van der Waals surface area contributed by atoms with Crippen molar-refractivity contribution in [3.05, 3.63) is 92.8 Å². The van der Waals surface area contributed by atoms with Crippen LogP contribution in [0.2, 0.25) is 5.02 Å². The lowest BCUT2D eigenvalue weighted by molar-refractivity contribution is -0.384. The quantitative estimate of drug-likeness (QED) is 0.143. The molecule has 0 saturated heterocycles. The molecular formula is C25H27Cl2N7O4. The van der Waals surface area contributed by atoms with E-state index in [1.165, 1.54) is 12.1 Å². The predicted molar refractivity (Wildman–Crippen MR) is 147 cm³/mol. The average Bonchev–Trinajstić information content (AvgIpc) is 3.37. The number of hydrogen-bond acceptors (Lipinski definition) is 9. The minimum atomic E-state index is -0.476. The van der Waals surface area contributed by atoms with Crippen LogP contribution in [0.1, 0.15) is 17.0 Å². The van der Waals surface area contributed by atoms with Crippen molar-refractivity contribution in [2.24, 2.45) is 0 Å². The molecule has 200 valence electrons.